The van der Waals surface area contributed by atoms with Crippen molar-refractivity contribution in [1.82, 2.24) is 4.98 Å². The molecule has 0 aliphatic carbocycles. The molecule has 1 N–H and O–H groups in total. The van der Waals surface area contributed by atoms with Gasteiger partial charge < -0.3 is 10.1 Å². The molecule has 1 amide bonds. The molecule has 0 radical (unpaired) electrons. The van der Waals surface area contributed by atoms with Crippen molar-refractivity contribution in [2.75, 3.05) is 12.4 Å². The van der Waals surface area contributed by atoms with Gasteiger partial charge in [0.1, 0.15) is 21.5 Å². The molecule has 3 aromatic rings. The number of nitrogens with zero attached hydrogens (tertiary/aromatic N) is 1. The van der Waals surface area contributed by atoms with Crippen molar-refractivity contribution in [3.8, 4) is 10.6 Å². The van der Waals surface area contributed by atoms with Gasteiger partial charge in [0, 0.05) is 0 Å². The largest absolute Gasteiger partial charge is 0.465 e. The number of esters is 1. The molecule has 0 saturated heterocycles. The molecule has 0 bridgehead atoms. The van der Waals surface area contributed by atoms with E-state index >= 15 is 0 Å². The fraction of sp³-hybridized carbons (Fsp3) is 0.105. The van der Waals surface area contributed by atoms with Gasteiger partial charge in [-0.3, -0.25) is 4.79 Å². The van der Waals surface area contributed by atoms with Crippen LogP contribution in [0.25, 0.3) is 10.6 Å². The van der Waals surface area contributed by atoms with Crippen molar-refractivity contribution < 1.29 is 23.1 Å². The number of hydrogen-bond donors (Lipinski definition) is 1. The zero-order valence-corrected chi connectivity index (χ0v) is 15.2. The Bertz CT molecular complexity index is 1010. The number of benzene rings is 2. The lowest BCUT2D eigenvalue weighted by molar-refractivity contribution is 0.0602. The number of aromatic nitrogens is 1. The lowest BCUT2D eigenvalue weighted by Crippen LogP contribution is -2.15. The minimum absolute atomic E-state index is 0.0644. The van der Waals surface area contributed by atoms with E-state index in [2.05, 4.69) is 10.3 Å². The summed E-state index contributed by atoms with van der Waals surface area (Å²) in [7, 11) is 1.24. The zero-order valence-electron chi connectivity index (χ0n) is 14.4. The van der Waals surface area contributed by atoms with E-state index in [-0.39, 0.29) is 26.7 Å². The molecule has 1 aromatic heterocycles. The van der Waals surface area contributed by atoms with Crippen LogP contribution in [0.4, 0.5) is 14.5 Å². The van der Waals surface area contributed by atoms with Crippen LogP contribution in [0.2, 0.25) is 0 Å². The second kappa shape index (κ2) is 7.63. The average Bonchev–Trinajstić information content (AvgIpc) is 3.02. The molecule has 3 rings (SSSR count). The van der Waals surface area contributed by atoms with Crippen LogP contribution in [0.15, 0.2) is 42.5 Å². The molecule has 0 saturated carbocycles. The van der Waals surface area contributed by atoms with Crippen molar-refractivity contribution in [2.45, 2.75) is 6.92 Å². The number of thiazole rings is 1. The number of carbonyl (C=O) groups is 2. The van der Waals surface area contributed by atoms with Crippen LogP contribution in [0.1, 0.15) is 25.7 Å². The molecule has 0 unspecified atom stereocenters. The van der Waals surface area contributed by atoms with Crippen LogP contribution in [-0.2, 0) is 4.74 Å². The number of rotatable bonds is 4. The molecule has 1 heterocycles. The fourth-order valence-electron chi connectivity index (χ4n) is 2.48. The Kier molecular flexibility index (Phi) is 5.27. The number of carbonyl (C=O) groups excluding carboxylic acids is 2. The van der Waals surface area contributed by atoms with Gasteiger partial charge in [-0.25, -0.2) is 18.6 Å². The van der Waals surface area contributed by atoms with Crippen molar-refractivity contribution in [3.63, 3.8) is 0 Å². The molecule has 0 spiro atoms. The number of halogens is 2. The third kappa shape index (κ3) is 3.70. The van der Waals surface area contributed by atoms with Gasteiger partial charge in [-0.05, 0) is 31.2 Å². The Morgan fingerprint density at radius 3 is 2.41 bits per heavy atom. The summed E-state index contributed by atoms with van der Waals surface area (Å²) < 4.78 is 32.7. The van der Waals surface area contributed by atoms with Crippen molar-refractivity contribution in [3.05, 3.63) is 70.2 Å². The Hall–Kier alpha value is -3.13. The van der Waals surface area contributed by atoms with E-state index in [1.807, 2.05) is 0 Å². The Morgan fingerprint density at radius 1 is 1.07 bits per heavy atom. The third-order valence-electron chi connectivity index (χ3n) is 3.76. The number of ether oxygens (including phenoxy) is 1. The quantitative estimate of drug-likeness (QED) is 0.671. The smallest absolute Gasteiger partial charge is 0.339 e. The number of anilines is 1. The summed E-state index contributed by atoms with van der Waals surface area (Å²) in [6.45, 7) is 1.57. The van der Waals surface area contributed by atoms with E-state index in [1.165, 1.54) is 19.2 Å². The molecule has 8 heteroatoms. The van der Waals surface area contributed by atoms with Gasteiger partial charge in [0.15, 0.2) is 0 Å². The first-order valence-electron chi connectivity index (χ1n) is 7.83. The summed E-state index contributed by atoms with van der Waals surface area (Å²) >= 11 is 0.869. The summed E-state index contributed by atoms with van der Waals surface area (Å²) in [6, 6.07) is 9.87. The highest BCUT2D eigenvalue weighted by Gasteiger charge is 2.22. The van der Waals surface area contributed by atoms with E-state index in [9.17, 15) is 18.4 Å². The van der Waals surface area contributed by atoms with Crippen LogP contribution in [0.3, 0.4) is 0 Å². The maximum Gasteiger partial charge on any atom is 0.339 e. The average molecular weight is 388 g/mol. The Labute approximate surface area is 157 Å². The maximum absolute atomic E-state index is 14.0. The molecule has 0 aliphatic rings. The van der Waals surface area contributed by atoms with E-state index < -0.39 is 23.5 Å². The molecule has 2 aromatic carbocycles. The molecule has 0 fully saturated rings. The van der Waals surface area contributed by atoms with Gasteiger partial charge in [-0.2, -0.15) is 0 Å². The maximum atomic E-state index is 14.0. The van der Waals surface area contributed by atoms with Crippen LogP contribution in [-0.4, -0.2) is 24.0 Å². The normalized spacial score (nSPS) is 10.5. The third-order valence-corrected chi connectivity index (χ3v) is 4.93. The van der Waals surface area contributed by atoms with E-state index in [0.717, 1.165) is 23.5 Å². The molecule has 27 heavy (non-hydrogen) atoms. The first-order chi connectivity index (χ1) is 12.9. The fourth-order valence-corrected chi connectivity index (χ4v) is 3.49. The van der Waals surface area contributed by atoms with Gasteiger partial charge in [0.05, 0.1) is 29.6 Å². The molecular weight excluding hydrogens is 374 g/mol. The lowest BCUT2D eigenvalue weighted by Gasteiger charge is -2.08. The first-order valence-corrected chi connectivity index (χ1v) is 8.64. The van der Waals surface area contributed by atoms with E-state index in [4.69, 9.17) is 4.74 Å². The van der Waals surface area contributed by atoms with Crippen LogP contribution in [0, 0.1) is 18.6 Å². The van der Waals surface area contributed by atoms with Gasteiger partial charge in [0.2, 0.25) is 0 Å². The predicted octanol–water partition coefficient (Wildman–Crippen LogP) is 4.44. The van der Waals surface area contributed by atoms with Gasteiger partial charge in [-0.15, -0.1) is 11.3 Å². The van der Waals surface area contributed by atoms with Crippen LogP contribution < -0.4 is 5.32 Å². The summed E-state index contributed by atoms with van der Waals surface area (Å²) in [5.74, 6) is -2.65. The molecule has 138 valence electrons. The number of nitrogens with one attached hydrogen (secondary N) is 1. The highest BCUT2D eigenvalue weighted by molar-refractivity contribution is 7.17. The summed E-state index contributed by atoms with van der Waals surface area (Å²) in [6.07, 6.45) is 0. The van der Waals surface area contributed by atoms with Crippen molar-refractivity contribution in [2.24, 2.45) is 0 Å². The molecule has 5 nitrogen and oxygen atoms in total. The van der Waals surface area contributed by atoms with E-state index in [0.29, 0.717) is 5.69 Å². The van der Waals surface area contributed by atoms with Crippen LogP contribution in [0.5, 0.6) is 0 Å². The summed E-state index contributed by atoms with van der Waals surface area (Å²) in [5.41, 5.74) is 0.502. The number of amides is 1. The topological polar surface area (TPSA) is 68.3 Å². The Morgan fingerprint density at radius 2 is 1.74 bits per heavy atom. The number of methoxy groups -OCH3 is 1. The van der Waals surface area contributed by atoms with Gasteiger partial charge in [0.25, 0.3) is 5.91 Å². The van der Waals surface area contributed by atoms with Gasteiger partial charge >= 0.3 is 5.97 Å². The number of aryl methyl sites for hydroxylation is 1. The van der Waals surface area contributed by atoms with Gasteiger partial charge in [-0.1, -0.05) is 18.2 Å². The Balaban J connectivity index is 1.94. The molecular formula is C19H14F2N2O3S. The monoisotopic (exact) mass is 388 g/mol. The second-order valence-corrected chi connectivity index (χ2v) is 6.52. The van der Waals surface area contributed by atoms with Crippen molar-refractivity contribution >= 4 is 28.9 Å². The predicted molar refractivity (Wildman–Crippen MR) is 97.9 cm³/mol. The number of hydrogen-bond acceptors (Lipinski definition) is 5. The van der Waals surface area contributed by atoms with Crippen LogP contribution >= 0.6 is 11.3 Å². The molecule has 0 aliphatic heterocycles. The molecule has 0 atom stereocenters. The van der Waals surface area contributed by atoms with E-state index in [1.54, 1.807) is 25.1 Å². The minimum atomic E-state index is -0.758. The lowest BCUT2D eigenvalue weighted by atomic mass is 10.1. The highest BCUT2D eigenvalue weighted by Crippen LogP contribution is 2.32. The SMILES string of the molecule is COC(=O)c1ccccc1NC(=O)c1sc(-c2c(F)cccc2F)nc1C. The first kappa shape index (κ1) is 18.7. The summed E-state index contributed by atoms with van der Waals surface area (Å²) in [5, 5.41) is 2.68. The standard InChI is InChI=1S/C19H14F2N2O3S/c1-10-16(27-18(22-10)15-12(20)7-5-8-13(15)21)17(24)23-14-9-4-3-6-11(14)19(25)26-2/h3-9H,1-2H3,(H,23,24). The second-order valence-electron chi connectivity index (χ2n) is 5.52. The number of para-hydroxylation sites is 1. The highest BCUT2D eigenvalue weighted by atomic mass is 32.1. The zero-order chi connectivity index (χ0) is 19.6. The minimum Gasteiger partial charge on any atom is -0.465 e. The summed E-state index contributed by atoms with van der Waals surface area (Å²) in [4.78, 5) is 28.8. The van der Waals surface area contributed by atoms with Crippen molar-refractivity contribution in [1.29, 1.82) is 0 Å².